The van der Waals surface area contributed by atoms with Crippen LogP contribution in [0.3, 0.4) is 0 Å². The highest BCUT2D eigenvalue weighted by Crippen LogP contribution is 2.32. The van der Waals surface area contributed by atoms with Crippen LogP contribution in [-0.2, 0) is 9.53 Å². The molecule has 0 aromatic heterocycles. The third kappa shape index (κ3) is 4.89. The summed E-state index contributed by atoms with van der Waals surface area (Å²) in [5, 5.41) is 6.30. The zero-order valence-corrected chi connectivity index (χ0v) is 19.4. The molecule has 2 N–H and O–H groups in total. The summed E-state index contributed by atoms with van der Waals surface area (Å²) in [6.45, 7) is 4.15. The van der Waals surface area contributed by atoms with Gasteiger partial charge in [-0.15, -0.1) is 0 Å². The van der Waals surface area contributed by atoms with Gasteiger partial charge in [0, 0.05) is 23.5 Å². The number of hydrogen-bond acceptors (Lipinski definition) is 4. The minimum absolute atomic E-state index is 0.276. The van der Waals surface area contributed by atoms with Gasteiger partial charge in [0.15, 0.2) is 0 Å². The Morgan fingerprint density at radius 1 is 1.16 bits per heavy atom. The highest BCUT2D eigenvalue weighted by Gasteiger charge is 2.36. The average Bonchev–Trinajstić information content (AvgIpc) is 2.77. The predicted octanol–water partition coefficient (Wildman–Crippen LogP) is 5.17. The Bertz CT molecular complexity index is 1100. The maximum atomic E-state index is 12.7. The number of ether oxygens (including phenoxy) is 1. The van der Waals surface area contributed by atoms with E-state index in [9.17, 15) is 14.4 Å². The number of methoxy groups -OCH3 is 1. The molecule has 1 heterocycles. The van der Waals surface area contributed by atoms with Crippen LogP contribution in [0.1, 0.15) is 42.2 Å². The third-order valence-electron chi connectivity index (χ3n) is 5.11. The van der Waals surface area contributed by atoms with Crippen LogP contribution in [0.25, 0.3) is 0 Å². The van der Waals surface area contributed by atoms with E-state index in [1.165, 1.54) is 18.1 Å². The normalized spacial score (nSPS) is 16.0. The van der Waals surface area contributed by atoms with Gasteiger partial charge in [-0.1, -0.05) is 42.3 Å². The number of allylic oxidation sites excluding steroid dienone is 1. The number of rotatable bonds is 6. The van der Waals surface area contributed by atoms with Crippen molar-refractivity contribution in [3.05, 3.63) is 74.9 Å². The smallest absolute Gasteiger partial charge is 0.337 e. The molecule has 2 aromatic carbocycles. The minimum Gasteiger partial charge on any atom is -0.466 e. The fraction of sp³-hybridized carbons (Fsp3) is 0.261. The van der Waals surface area contributed by atoms with Gasteiger partial charge in [0.05, 0.1) is 28.8 Å². The highest BCUT2D eigenvalue weighted by atomic mass is 35.5. The summed E-state index contributed by atoms with van der Waals surface area (Å²) in [4.78, 5) is 39.4. The Hall–Kier alpha value is -3.03. The minimum atomic E-state index is -0.718. The van der Waals surface area contributed by atoms with Gasteiger partial charge in [0.2, 0.25) is 0 Å². The van der Waals surface area contributed by atoms with Gasteiger partial charge in [0.25, 0.3) is 5.91 Å². The average molecular weight is 476 g/mol. The molecule has 3 rings (SSSR count). The molecule has 32 heavy (non-hydrogen) atoms. The summed E-state index contributed by atoms with van der Waals surface area (Å²) in [5.74, 6) is -0.902. The molecule has 1 aliphatic rings. The van der Waals surface area contributed by atoms with E-state index < -0.39 is 12.0 Å². The van der Waals surface area contributed by atoms with E-state index in [2.05, 4.69) is 10.6 Å². The van der Waals surface area contributed by atoms with Crippen molar-refractivity contribution in [2.24, 2.45) is 0 Å². The first-order valence-corrected chi connectivity index (χ1v) is 10.8. The molecule has 0 aliphatic carbocycles. The first-order chi connectivity index (χ1) is 15.3. The SMILES string of the molecule is CCCN1C(=O)N[C@H](c2cccc(NC(=O)c3ccc(Cl)c(Cl)c3)c2)C(C(=O)OC)=C1C. The van der Waals surface area contributed by atoms with Gasteiger partial charge in [-0.2, -0.15) is 0 Å². The summed E-state index contributed by atoms with van der Waals surface area (Å²) >= 11 is 11.9. The van der Waals surface area contributed by atoms with Crippen molar-refractivity contribution in [2.45, 2.75) is 26.3 Å². The molecule has 3 amide bonds. The number of urea groups is 1. The van der Waals surface area contributed by atoms with Crippen molar-refractivity contribution in [1.29, 1.82) is 0 Å². The van der Waals surface area contributed by atoms with Crippen molar-refractivity contribution >= 4 is 46.8 Å². The Morgan fingerprint density at radius 2 is 1.91 bits per heavy atom. The van der Waals surface area contributed by atoms with Crippen LogP contribution in [0.4, 0.5) is 10.5 Å². The van der Waals surface area contributed by atoms with Crippen molar-refractivity contribution in [3.63, 3.8) is 0 Å². The molecule has 9 heteroatoms. The van der Waals surface area contributed by atoms with Crippen molar-refractivity contribution in [2.75, 3.05) is 19.0 Å². The second kappa shape index (κ2) is 10.1. The van der Waals surface area contributed by atoms with Gasteiger partial charge in [-0.3, -0.25) is 9.69 Å². The molecule has 168 valence electrons. The molecular formula is C23H23Cl2N3O4. The molecule has 0 bridgehead atoms. The Balaban J connectivity index is 1.93. The molecule has 0 spiro atoms. The number of anilines is 1. The zero-order valence-electron chi connectivity index (χ0n) is 17.9. The number of amides is 3. The van der Waals surface area contributed by atoms with E-state index >= 15 is 0 Å². The van der Waals surface area contributed by atoms with Crippen molar-refractivity contribution < 1.29 is 19.1 Å². The van der Waals surface area contributed by atoms with Gasteiger partial charge in [-0.05, 0) is 49.2 Å². The van der Waals surface area contributed by atoms with Gasteiger partial charge in [-0.25, -0.2) is 9.59 Å². The molecule has 1 aliphatic heterocycles. The van der Waals surface area contributed by atoms with Crippen LogP contribution in [-0.4, -0.2) is 36.5 Å². The van der Waals surface area contributed by atoms with Gasteiger partial charge in [0.1, 0.15) is 0 Å². The topological polar surface area (TPSA) is 87.7 Å². The predicted molar refractivity (Wildman–Crippen MR) is 124 cm³/mol. The van der Waals surface area contributed by atoms with Crippen LogP contribution in [0, 0.1) is 0 Å². The fourth-order valence-corrected chi connectivity index (χ4v) is 3.83. The van der Waals surface area contributed by atoms with E-state index in [-0.39, 0.29) is 17.0 Å². The lowest BCUT2D eigenvalue weighted by Crippen LogP contribution is -2.48. The monoisotopic (exact) mass is 475 g/mol. The number of hydrogen-bond donors (Lipinski definition) is 2. The number of carbonyl (C=O) groups is 3. The van der Waals surface area contributed by atoms with Crippen molar-refractivity contribution in [3.8, 4) is 0 Å². The largest absolute Gasteiger partial charge is 0.466 e. The number of halogens is 2. The van der Waals surface area contributed by atoms with Crippen LogP contribution in [0.2, 0.25) is 10.0 Å². The number of benzene rings is 2. The van der Waals surface area contributed by atoms with E-state index in [4.69, 9.17) is 27.9 Å². The lowest BCUT2D eigenvalue weighted by atomic mass is 9.94. The summed E-state index contributed by atoms with van der Waals surface area (Å²) in [6, 6.07) is 10.5. The number of nitrogens with one attached hydrogen (secondary N) is 2. The second-order valence-electron chi connectivity index (χ2n) is 7.23. The van der Waals surface area contributed by atoms with E-state index in [0.29, 0.717) is 39.7 Å². The molecule has 0 radical (unpaired) electrons. The van der Waals surface area contributed by atoms with Crippen LogP contribution >= 0.6 is 23.2 Å². The lowest BCUT2D eigenvalue weighted by molar-refractivity contribution is -0.136. The summed E-state index contributed by atoms with van der Waals surface area (Å²) in [6.07, 6.45) is 0.736. The Morgan fingerprint density at radius 3 is 2.56 bits per heavy atom. The van der Waals surface area contributed by atoms with Crippen LogP contribution in [0.15, 0.2) is 53.7 Å². The van der Waals surface area contributed by atoms with E-state index in [0.717, 1.165) is 6.42 Å². The Kier molecular flexibility index (Phi) is 7.43. The molecule has 0 saturated heterocycles. The lowest BCUT2D eigenvalue weighted by Gasteiger charge is -2.35. The molecular weight excluding hydrogens is 453 g/mol. The molecule has 2 aromatic rings. The zero-order chi connectivity index (χ0) is 23.4. The maximum Gasteiger partial charge on any atom is 0.337 e. The summed E-state index contributed by atoms with van der Waals surface area (Å²) in [7, 11) is 1.30. The van der Waals surface area contributed by atoms with Crippen LogP contribution in [0.5, 0.6) is 0 Å². The first-order valence-electron chi connectivity index (χ1n) is 10.00. The number of nitrogens with zero attached hydrogens (tertiary/aromatic N) is 1. The number of esters is 1. The third-order valence-corrected chi connectivity index (χ3v) is 5.85. The molecule has 0 fully saturated rings. The standard InChI is InChI=1S/C23H23Cl2N3O4/c1-4-10-28-13(2)19(22(30)32-3)20(27-23(28)31)14-6-5-7-16(11-14)26-21(29)15-8-9-17(24)18(25)12-15/h5-9,11-12,20H,4,10H2,1-3H3,(H,26,29)(H,27,31)/t20-/m1/s1. The van der Waals surface area contributed by atoms with Gasteiger partial charge >= 0.3 is 12.0 Å². The quantitative estimate of drug-likeness (QED) is 0.564. The first kappa shape index (κ1) is 23.6. The van der Waals surface area contributed by atoms with Gasteiger partial charge < -0.3 is 15.4 Å². The van der Waals surface area contributed by atoms with E-state index in [1.54, 1.807) is 43.3 Å². The summed E-state index contributed by atoms with van der Waals surface area (Å²) in [5.41, 5.74) is 2.34. The fourth-order valence-electron chi connectivity index (χ4n) is 3.54. The second-order valence-corrected chi connectivity index (χ2v) is 8.05. The van der Waals surface area contributed by atoms with Crippen LogP contribution < -0.4 is 10.6 Å². The summed E-state index contributed by atoms with van der Waals surface area (Å²) < 4.78 is 4.98. The molecule has 0 saturated carbocycles. The highest BCUT2D eigenvalue weighted by molar-refractivity contribution is 6.42. The molecule has 0 unspecified atom stereocenters. The molecule has 1 atom stereocenters. The van der Waals surface area contributed by atoms with Crippen molar-refractivity contribution in [1.82, 2.24) is 10.2 Å². The maximum absolute atomic E-state index is 12.7. The Labute approximate surface area is 196 Å². The van der Waals surface area contributed by atoms with E-state index in [1.807, 2.05) is 6.92 Å². The number of carbonyl (C=O) groups excluding carboxylic acids is 3. The molecule has 7 nitrogen and oxygen atoms in total.